The van der Waals surface area contributed by atoms with Crippen LogP contribution in [0.15, 0.2) is 170 Å². The molecule has 3 aliphatic rings. The van der Waals surface area contributed by atoms with Crippen LogP contribution in [0.2, 0.25) is 0 Å². The van der Waals surface area contributed by atoms with Crippen LogP contribution in [-0.2, 0) is 9.13 Å². The van der Waals surface area contributed by atoms with Crippen LogP contribution < -0.4 is 21.2 Å². The van der Waals surface area contributed by atoms with Gasteiger partial charge in [0, 0.05) is 44.4 Å². The molecule has 0 unspecified atom stereocenters. The number of hydrogen-bond donors (Lipinski definition) is 0. The lowest BCUT2D eigenvalue weighted by molar-refractivity contribution is 0.488. The molecule has 3 aliphatic carbocycles. The van der Waals surface area contributed by atoms with Gasteiger partial charge in [0.25, 0.3) is 0 Å². The molecule has 0 saturated carbocycles. The van der Waals surface area contributed by atoms with E-state index < -0.39 is 25.6 Å². The second kappa shape index (κ2) is 10.7. The van der Waals surface area contributed by atoms with Crippen molar-refractivity contribution in [2.24, 2.45) is 0 Å². The molecule has 0 saturated heterocycles. The highest BCUT2D eigenvalue weighted by Crippen LogP contribution is 2.73. The lowest BCUT2D eigenvalue weighted by Crippen LogP contribution is -2.52. The van der Waals surface area contributed by atoms with E-state index in [1.807, 2.05) is 121 Å². The fraction of sp³-hybridized carbons (Fsp3) is 0.100. The minimum Gasteiger partial charge on any atom is -0.313 e. The first-order valence-corrected chi connectivity index (χ1v) is 18.8. The van der Waals surface area contributed by atoms with Crippen molar-refractivity contribution in [2.45, 2.75) is 23.2 Å². The third-order valence-electron chi connectivity index (χ3n) is 9.76. The number of rotatable bonds is 6. The molecule has 0 fully saturated rings. The van der Waals surface area contributed by atoms with Gasteiger partial charge in [-0.3, -0.25) is 0 Å². The van der Waals surface area contributed by atoms with E-state index in [-0.39, 0.29) is 11.8 Å². The van der Waals surface area contributed by atoms with E-state index in [2.05, 4.69) is 48.5 Å². The normalized spacial score (nSPS) is 20.5. The van der Waals surface area contributed by atoms with Gasteiger partial charge in [-0.15, -0.1) is 0 Å². The molecule has 0 amide bonds. The van der Waals surface area contributed by atoms with E-state index in [1.165, 1.54) is 22.3 Å². The summed E-state index contributed by atoms with van der Waals surface area (Å²) < 4.78 is 33.2. The predicted molar refractivity (Wildman–Crippen MR) is 184 cm³/mol. The Hall–Kier alpha value is -4.22. The summed E-state index contributed by atoms with van der Waals surface area (Å²) in [5.74, 6) is -0.381. The molecular weight excluding hydrogens is 574 g/mol. The van der Waals surface area contributed by atoms with Crippen molar-refractivity contribution in [3.8, 4) is 0 Å². The molecule has 0 spiro atoms. The molecule has 2 atom stereocenters. The maximum absolute atomic E-state index is 16.6. The first-order chi connectivity index (χ1) is 21.6. The van der Waals surface area contributed by atoms with Gasteiger partial charge in [-0.1, -0.05) is 170 Å². The van der Waals surface area contributed by atoms with Gasteiger partial charge in [0.15, 0.2) is 0 Å². The molecule has 6 aromatic carbocycles. The lowest BCUT2D eigenvalue weighted by Gasteiger charge is -2.55. The minimum atomic E-state index is -3.42. The summed E-state index contributed by atoms with van der Waals surface area (Å²) in [6, 6.07) is 57.1. The first-order valence-electron chi connectivity index (χ1n) is 15.2. The summed E-state index contributed by atoms with van der Waals surface area (Å²) in [4.78, 5) is 0. The Balaban J connectivity index is 1.54. The van der Waals surface area contributed by atoms with Gasteiger partial charge in [-0.25, -0.2) is 0 Å². The van der Waals surface area contributed by atoms with E-state index in [9.17, 15) is 0 Å². The lowest BCUT2D eigenvalue weighted by atomic mass is 9.63. The van der Waals surface area contributed by atoms with Gasteiger partial charge in [0.05, 0.1) is 0 Å². The number of fused-ring (bicyclic) bond motifs is 1. The fourth-order valence-electron chi connectivity index (χ4n) is 8.05. The van der Waals surface area contributed by atoms with E-state index in [4.69, 9.17) is 0 Å². The van der Waals surface area contributed by atoms with E-state index in [0.717, 1.165) is 21.2 Å². The molecule has 44 heavy (non-hydrogen) atoms. The van der Waals surface area contributed by atoms with Gasteiger partial charge in [-0.2, -0.15) is 0 Å². The molecule has 6 aromatic rings. The standard InChI is InChI=1S/C40H32O2P2/c41-43(29-17-5-1-6-18-29,30-19-7-2-8-20-30)39-37-33-25-13-15-27-35(33)38(36-28-16-14-26-34(36)37)40(39)44(42,31-21-9-3-10-22-31)32-23-11-4-12-24-32/h1-28,37-40H/t37?,38?,39-,40-/m0/s1. The van der Waals surface area contributed by atoms with E-state index in [0.29, 0.717) is 0 Å². The minimum absolute atomic E-state index is 0.190. The Labute approximate surface area is 259 Å². The molecule has 2 bridgehead atoms. The molecular formula is C40H32O2P2. The van der Waals surface area contributed by atoms with E-state index >= 15 is 9.13 Å². The quantitative estimate of drug-likeness (QED) is 0.180. The van der Waals surface area contributed by atoms with Crippen molar-refractivity contribution in [3.63, 3.8) is 0 Å². The zero-order valence-electron chi connectivity index (χ0n) is 24.2. The molecule has 0 heterocycles. The summed E-state index contributed by atoms with van der Waals surface area (Å²) in [5.41, 5.74) is 3.95. The highest BCUT2D eigenvalue weighted by atomic mass is 31.2. The van der Waals surface area contributed by atoms with E-state index in [1.54, 1.807) is 0 Å². The average molecular weight is 607 g/mol. The van der Waals surface area contributed by atoms with Crippen molar-refractivity contribution in [1.29, 1.82) is 0 Å². The van der Waals surface area contributed by atoms with Gasteiger partial charge in [-0.05, 0) is 22.3 Å². The summed E-state index contributed by atoms with van der Waals surface area (Å²) in [6.45, 7) is 0. The zero-order chi connectivity index (χ0) is 29.7. The monoisotopic (exact) mass is 606 g/mol. The Morgan fingerprint density at radius 1 is 0.295 bits per heavy atom. The maximum atomic E-state index is 16.6. The number of benzene rings is 6. The van der Waals surface area contributed by atoms with Crippen LogP contribution in [-0.4, -0.2) is 11.3 Å². The van der Waals surface area contributed by atoms with Gasteiger partial charge in [0.2, 0.25) is 0 Å². The van der Waals surface area contributed by atoms with Crippen LogP contribution in [0.5, 0.6) is 0 Å². The smallest absolute Gasteiger partial charge is 0.147 e. The van der Waals surface area contributed by atoms with Crippen LogP contribution >= 0.6 is 14.3 Å². The van der Waals surface area contributed by atoms with Crippen LogP contribution in [0, 0.1) is 0 Å². The van der Waals surface area contributed by atoms with Crippen LogP contribution in [0.3, 0.4) is 0 Å². The van der Waals surface area contributed by atoms with Gasteiger partial charge < -0.3 is 9.13 Å². The third-order valence-corrected chi connectivity index (χ3v) is 17.2. The topological polar surface area (TPSA) is 34.1 Å². The Morgan fingerprint density at radius 3 is 0.727 bits per heavy atom. The molecule has 0 N–H and O–H groups in total. The molecule has 0 radical (unpaired) electrons. The second-order valence-electron chi connectivity index (χ2n) is 11.9. The highest BCUT2D eigenvalue weighted by molar-refractivity contribution is 7.83. The average Bonchev–Trinajstić information content (AvgIpc) is 3.12. The van der Waals surface area contributed by atoms with Crippen molar-refractivity contribution >= 4 is 35.5 Å². The van der Waals surface area contributed by atoms with Gasteiger partial charge >= 0.3 is 0 Å². The maximum Gasteiger partial charge on any atom is 0.147 e. The Kier molecular flexibility index (Phi) is 6.67. The Morgan fingerprint density at radius 2 is 0.500 bits per heavy atom. The molecule has 2 nitrogen and oxygen atoms in total. The van der Waals surface area contributed by atoms with Crippen LogP contribution in [0.25, 0.3) is 0 Å². The second-order valence-corrected chi connectivity index (χ2v) is 17.7. The number of hydrogen-bond acceptors (Lipinski definition) is 2. The van der Waals surface area contributed by atoms with Crippen LogP contribution in [0.4, 0.5) is 0 Å². The van der Waals surface area contributed by atoms with Crippen LogP contribution in [0.1, 0.15) is 34.1 Å². The summed E-state index contributed by atoms with van der Waals surface area (Å²) >= 11 is 0. The van der Waals surface area contributed by atoms with Gasteiger partial charge in [0.1, 0.15) is 14.3 Å². The van der Waals surface area contributed by atoms with Crippen molar-refractivity contribution < 1.29 is 9.13 Å². The Bertz CT molecular complexity index is 1760. The molecule has 9 rings (SSSR count). The fourth-order valence-corrected chi connectivity index (χ4v) is 16.3. The summed E-state index contributed by atoms with van der Waals surface area (Å²) in [7, 11) is -6.84. The molecule has 0 aliphatic heterocycles. The third kappa shape index (κ3) is 3.95. The molecule has 0 aromatic heterocycles. The summed E-state index contributed by atoms with van der Waals surface area (Å²) in [5, 5.41) is 3.26. The molecule has 4 heteroatoms. The summed E-state index contributed by atoms with van der Waals surface area (Å²) in [6.07, 6.45) is 0. The van der Waals surface area contributed by atoms with Crippen molar-refractivity contribution in [1.82, 2.24) is 0 Å². The highest BCUT2D eigenvalue weighted by Gasteiger charge is 2.62. The SMILES string of the molecule is O=P(c1ccccc1)(c1ccccc1)[C@H]1C2c3ccccc3C(c3ccccc32)[C@@H]1P(=O)(c1ccccc1)c1ccccc1. The first kappa shape index (κ1) is 27.3. The zero-order valence-corrected chi connectivity index (χ0v) is 26.0. The van der Waals surface area contributed by atoms with Crippen molar-refractivity contribution in [2.75, 3.05) is 0 Å². The van der Waals surface area contributed by atoms with Crippen molar-refractivity contribution in [3.05, 3.63) is 192 Å². The molecule has 214 valence electrons. The predicted octanol–water partition coefficient (Wildman–Crippen LogP) is 8.04. The largest absolute Gasteiger partial charge is 0.313 e.